The van der Waals surface area contributed by atoms with Crippen LogP contribution < -0.4 is 14.4 Å². The Morgan fingerprint density at radius 3 is 2.56 bits per heavy atom. The molecular weight excluding hydrogens is 510 g/mol. The number of hydrogen-bond acceptors (Lipinski definition) is 5. The molecule has 1 fully saturated rings. The van der Waals surface area contributed by atoms with Crippen LogP contribution in [0.25, 0.3) is 16.8 Å². The van der Waals surface area contributed by atoms with Crippen molar-refractivity contribution in [2.75, 3.05) is 11.5 Å². The quantitative estimate of drug-likeness (QED) is 0.179. The summed E-state index contributed by atoms with van der Waals surface area (Å²) in [6.07, 6.45) is 1.84. The molecule has 180 valence electrons. The van der Waals surface area contributed by atoms with E-state index in [2.05, 4.69) is 0 Å². The van der Waals surface area contributed by atoms with Crippen LogP contribution in [0.5, 0.6) is 11.5 Å². The smallest absolute Gasteiger partial charge is 0.270 e. The van der Waals surface area contributed by atoms with Crippen molar-refractivity contribution in [3.8, 4) is 11.5 Å². The largest absolute Gasteiger partial charge is 0.490 e. The van der Waals surface area contributed by atoms with E-state index in [0.29, 0.717) is 39.0 Å². The van der Waals surface area contributed by atoms with E-state index in [-0.39, 0.29) is 5.91 Å². The van der Waals surface area contributed by atoms with Crippen molar-refractivity contribution >= 4 is 68.3 Å². The number of hydrogen-bond donors (Lipinski definition) is 0. The number of fused-ring (bicyclic) bond motifs is 1. The number of nitrogens with zero attached hydrogens (tertiary/aromatic N) is 1. The minimum absolute atomic E-state index is 0.140. The first-order valence-electron chi connectivity index (χ1n) is 11.4. The minimum Gasteiger partial charge on any atom is -0.490 e. The van der Waals surface area contributed by atoms with E-state index in [1.165, 1.54) is 11.8 Å². The summed E-state index contributed by atoms with van der Waals surface area (Å²) in [6, 6.07) is 27.0. The van der Waals surface area contributed by atoms with Gasteiger partial charge in [0.2, 0.25) is 0 Å². The van der Waals surface area contributed by atoms with Crippen molar-refractivity contribution in [2.24, 2.45) is 0 Å². The molecule has 7 heteroatoms. The highest BCUT2D eigenvalue weighted by Gasteiger charge is 2.34. The van der Waals surface area contributed by atoms with Crippen LogP contribution in [0.2, 0.25) is 5.02 Å². The Kier molecular flexibility index (Phi) is 7.28. The molecule has 0 saturated carbocycles. The van der Waals surface area contributed by atoms with Gasteiger partial charge in [0.05, 0.1) is 17.2 Å². The molecule has 1 saturated heterocycles. The fraction of sp³-hybridized carbons (Fsp3) is 0.103. The maximum absolute atomic E-state index is 13.4. The van der Waals surface area contributed by atoms with Crippen molar-refractivity contribution in [3.05, 3.63) is 106 Å². The molecule has 0 unspecified atom stereocenters. The van der Waals surface area contributed by atoms with Crippen LogP contribution in [0.3, 0.4) is 0 Å². The Hall–Kier alpha value is -3.32. The molecule has 0 N–H and O–H groups in total. The summed E-state index contributed by atoms with van der Waals surface area (Å²) in [6.45, 7) is 2.72. The molecule has 0 spiro atoms. The maximum Gasteiger partial charge on any atom is 0.270 e. The van der Waals surface area contributed by atoms with Gasteiger partial charge in [0, 0.05) is 16.0 Å². The molecule has 36 heavy (non-hydrogen) atoms. The molecule has 0 bridgehead atoms. The van der Waals surface area contributed by atoms with Gasteiger partial charge in [0.15, 0.2) is 15.8 Å². The van der Waals surface area contributed by atoms with E-state index in [1.807, 2.05) is 97.9 Å². The fourth-order valence-electron chi connectivity index (χ4n) is 4.00. The number of thiocarbonyl (C=S) groups is 1. The summed E-state index contributed by atoms with van der Waals surface area (Å²) in [4.78, 5) is 15.6. The Balaban J connectivity index is 1.41. The summed E-state index contributed by atoms with van der Waals surface area (Å²) in [5.74, 6) is 1.07. The first-order valence-corrected chi connectivity index (χ1v) is 13.0. The molecule has 4 nitrogen and oxygen atoms in total. The van der Waals surface area contributed by atoms with Crippen molar-refractivity contribution in [2.45, 2.75) is 13.5 Å². The van der Waals surface area contributed by atoms with Gasteiger partial charge >= 0.3 is 0 Å². The maximum atomic E-state index is 13.4. The molecule has 4 aromatic carbocycles. The molecular formula is C29H22ClNO3S2. The van der Waals surface area contributed by atoms with Gasteiger partial charge in [-0.1, -0.05) is 96.2 Å². The molecule has 5 rings (SSSR count). The summed E-state index contributed by atoms with van der Waals surface area (Å²) in [7, 11) is 0. The lowest BCUT2D eigenvalue weighted by molar-refractivity contribution is -0.113. The van der Waals surface area contributed by atoms with Gasteiger partial charge in [0.1, 0.15) is 6.61 Å². The van der Waals surface area contributed by atoms with Crippen LogP contribution in [0.15, 0.2) is 89.8 Å². The highest BCUT2D eigenvalue weighted by atomic mass is 35.5. The van der Waals surface area contributed by atoms with Gasteiger partial charge in [-0.05, 0) is 48.2 Å². The lowest BCUT2D eigenvalue weighted by Crippen LogP contribution is -2.27. The van der Waals surface area contributed by atoms with Crippen molar-refractivity contribution in [1.82, 2.24) is 0 Å². The van der Waals surface area contributed by atoms with Gasteiger partial charge in [-0.15, -0.1) is 0 Å². The number of ether oxygens (including phenoxy) is 2. The predicted octanol–water partition coefficient (Wildman–Crippen LogP) is 7.88. The lowest BCUT2D eigenvalue weighted by Gasteiger charge is -2.17. The average molecular weight is 532 g/mol. The van der Waals surface area contributed by atoms with Crippen LogP contribution in [0.4, 0.5) is 5.69 Å². The third-order valence-corrected chi connectivity index (χ3v) is 7.38. The van der Waals surface area contributed by atoms with Crippen molar-refractivity contribution in [3.63, 3.8) is 0 Å². The Bertz CT molecular complexity index is 1500. The minimum atomic E-state index is -0.140. The number of benzene rings is 4. The van der Waals surface area contributed by atoms with E-state index < -0.39 is 0 Å². The second-order valence-electron chi connectivity index (χ2n) is 8.03. The summed E-state index contributed by atoms with van der Waals surface area (Å²) >= 11 is 13.2. The molecule has 1 aliphatic rings. The fourth-order valence-corrected chi connectivity index (χ4v) is 5.48. The van der Waals surface area contributed by atoms with E-state index in [1.54, 1.807) is 4.90 Å². The topological polar surface area (TPSA) is 38.8 Å². The number of carbonyl (C=O) groups is 1. The highest BCUT2D eigenvalue weighted by Crippen LogP contribution is 2.39. The van der Waals surface area contributed by atoms with Crippen LogP contribution in [-0.2, 0) is 11.4 Å². The second-order valence-corrected chi connectivity index (χ2v) is 10.1. The summed E-state index contributed by atoms with van der Waals surface area (Å²) in [5.41, 5.74) is 2.50. The predicted molar refractivity (Wildman–Crippen MR) is 153 cm³/mol. The van der Waals surface area contributed by atoms with Crippen LogP contribution in [0.1, 0.15) is 18.1 Å². The van der Waals surface area contributed by atoms with Gasteiger partial charge < -0.3 is 9.47 Å². The van der Waals surface area contributed by atoms with Gasteiger partial charge in [-0.2, -0.15) is 0 Å². The zero-order chi connectivity index (χ0) is 25.1. The van der Waals surface area contributed by atoms with Crippen LogP contribution >= 0.6 is 35.6 Å². The van der Waals surface area contributed by atoms with Gasteiger partial charge in [0.25, 0.3) is 5.91 Å². The summed E-state index contributed by atoms with van der Waals surface area (Å²) in [5, 5.41) is 2.69. The Labute approximate surface area is 224 Å². The molecule has 1 amide bonds. The Morgan fingerprint density at radius 2 is 1.72 bits per heavy atom. The molecule has 0 aromatic heterocycles. The standard InChI is InChI=1S/C29H22ClNO3S2/c1-2-33-26-16-19(14-15-25(26)34-18-21-9-4-6-12-23(21)30)17-27-28(32)31(29(35)36-27)24-13-7-10-20-8-3-5-11-22(20)24/h3-17H,2,18H2,1H3/b27-17-. The first kappa shape index (κ1) is 24.4. The molecule has 1 aliphatic heterocycles. The normalized spacial score (nSPS) is 14.6. The molecule has 0 aliphatic carbocycles. The zero-order valence-corrected chi connectivity index (χ0v) is 21.8. The monoisotopic (exact) mass is 531 g/mol. The molecule has 4 aromatic rings. The van der Waals surface area contributed by atoms with E-state index >= 15 is 0 Å². The molecule has 1 heterocycles. The average Bonchev–Trinajstić information content (AvgIpc) is 3.16. The number of carbonyl (C=O) groups excluding carboxylic acids is 1. The third-order valence-electron chi connectivity index (χ3n) is 5.71. The molecule has 0 atom stereocenters. The third kappa shape index (κ3) is 4.98. The number of anilines is 1. The van der Waals surface area contributed by atoms with E-state index in [9.17, 15) is 4.79 Å². The highest BCUT2D eigenvalue weighted by molar-refractivity contribution is 8.27. The van der Waals surface area contributed by atoms with E-state index in [4.69, 9.17) is 33.3 Å². The van der Waals surface area contributed by atoms with Gasteiger partial charge in [-0.25, -0.2) is 0 Å². The molecule has 0 radical (unpaired) electrons. The first-order chi connectivity index (χ1) is 17.5. The second kappa shape index (κ2) is 10.7. The van der Waals surface area contributed by atoms with Crippen LogP contribution in [0, 0.1) is 0 Å². The zero-order valence-electron chi connectivity index (χ0n) is 19.4. The summed E-state index contributed by atoms with van der Waals surface area (Å²) < 4.78 is 12.3. The number of thioether (sulfide) groups is 1. The Morgan fingerprint density at radius 1 is 0.944 bits per heavy atom. The number of rotatable bonds is 7. The lowest BCUT2D eigenvalue weighted by atomic mass is 10.1. The van der Waals surface area contributed by atoms with Crippen molar-refractivity contribution < 1.29 is 14.3 Å². The van der Waals surface area contributed by atoms with Crippen molar-refractivity contribution in [1.29, 1.82) is 0 Å². The van der Waals surface area contributed by atoms with Gasteiger partial charge in [-0.3, -0.25) is 9.69 Å². The van der Waals surface area contributed by atoms with Crippen LogP contribution in [-0.4, -0.2) is 16.8 Å². The van der Waals surface area contributed by atoms with E-state index in [0.717, 1.165) is 27.6 Å². The number of halogens is 1. The SMILES string of the molecule is CCOc1cc(/C=C2\SC(=S)N(c3cccc4ccccc34)C2=O)ccc1OCc1ccccc1Cl. The number of amides is 1.